The Bertz CT molecular complexity index is 1030. The molecule has 1 atom stereocenters. The van der Waals surface area contributed by atoms with Gasteiger partial charge in [0, 0.05) is 47.4 Å². The number of para-hydroxylation sites is 1. The van der Waals surface area contributed by atoms with Crippen LogP contribution in [0.4, 0.5) is 0 Å². The summed E-state index contributed by atoms with van der Waals surface area (Å²) in [6, 6.07) is 12.5. The molecule has 1 fully saturated rings. The van der Waals surface area contributed by atoms with Crippen LogP contribution in [-0.4, -0.2) is 35.0 Å². The number of nitrogens with one attached hydrogen (secondary N) is 3. The number of H-pyrrole nitrogens is 1. The van der Waals surface area contributed by atoms with Crippen LogP contribution >= 0.6 is 0 Å². The number of hydrogen-bond acceptors (Lipinski definition) is 3. The molecule has 5 heteroatoms. The van der Waals surface area contributed by atoms with E-state index in [1.54, 1.807) is 0 Å². The highest BCUT2D eigenvalue weighted by atomic mass is 16.2. The van der Waals surface area contributed by atoms with E-state index in [1.165, 1.54) is 30.2 Å². The van der Waals surface area contributed by atoms with Gasteiger partial charge in [0.1, 0.15) is 0 Å². The maximum Gasteiger partial charge on any atom is 0.240 e. The summed E-state index contributed by atoms with van der Waals surface area (Å²) in [6.45, 7) is 4.68. The fourth-order valence-electron chi connectivity index (χ4n) is 4.92. The number of hydrogen-bond donors (Lipinski definition) is 3. The molecule has 1 unspecified atom stereocenters. The molecule has 4 rings (SSSR count). The summed E-state index contributed by atoms with van der Waals surface area (Å²) in [5, 5.41) is 7.76. The number of aromatic nitrogens is 2. The molecule has 1 aliphatic carbocycles. The number of carbonyl (C=O) groups excluding carboxylic acids is 1. The second kappa shape index (κ2) is 8.83. The molecule has 1 amide bonds. The van der Waals surface area contributed by atoms with Gasteiger partial charge in [0.05, 0.1) is 5.54 Å². The minimum atomic E-state index is -0.693. The minimum Gasteiger partial charge on any atom is -0.361 e. The Kier molecular flexibility index (Phi) is 6.15. The topological polar surface area (TPSA) is 69.8 Å². The number of aromatic amines is 1. The lowest BCUT2D eigenvalue weighted by Gasteiger charge is -2.38. The van der Waals surface area contributed by atoms with Crippen LogP contribution < -0.4 is 10.6 Å². The van der Waals surface area contributed by atoms with Crippen LogP contribution in [0.2, 0.25) is 0 Å². The van der Waals surface area contributed by atoms with Gasteiger partial charge < -0.3 is 15.6 Å². The number of pyridine rings is 1. The Morgan fingerprint density at radius 2 is 1.94 bits per heavy atom. The second-order valence-corrected chi connectivity index (χ2v) is 9.36. The SMILES string of the molecule is CNC(C)(Cc1c[nH]c2ccccc12)C(=O)NCC1(c2ccc(C)cn2)CCCCC1. The zero-order chi connectivity index (χ0) is 21.9. The molecular weight excluding hydrogens is 384 g/mol. The van der Waals surface area contributed by atoms with E-state index in [4.69, 9.17) is 4.98 Å². The Labute approximate surface area is 185 Å². The monoisotopic (exact) mass is 418 g/mol. The van der Waals surface area contributed by atoms with Crippen LogP contribution in [0.5, 0.6) is 0 Å². The van der Waals surface area contributed by atoms with E-state index >= 15 is 0 Å². The van der Waals surface area contributed by atoms with E-state index in [0.29, 0.717) is 13.0 Å². The summed E-state index contributed by atoms with van der Waals surface area (Å²) in [7, 11) is 1.87. The van der Waals surface area contributed by atoms with Crippen molar-refractivity contribution in [3.8, 4) is 0 Å². The van der Waals surface area contributed by atoms with Crippen LogP contribution in [0, 0.1) is 6.92 Å². The zero-order valence-electron chi connectivity index (χ0n) is 18.9. The molecule has 0 aliphatic heterocycles. The molecule has 3 aromatic rings. The largest absolute Gasteiger partial charge is 0.361 e. The van der Waals surface area contributed by atoms with E-state index in [1.807, 2.05) is 38.5 Å². The summed E-state index contributed by atoms with van der Waals surface area (Å²) in [5.41, 5.74) is 3.76. The van der Waals surface area contributed by atoms with Gasteiger partial charge >= 0.3 is 0 Å². The lowest BCUT2D eigenvalue weighted by atomic mass is 9.71. The molecule has 0 bridgehead atoms. The van der Waals surface area contributed by atoms with Crippen LogP contribution in [-0.2, 0) is 16.6 Å². The zero-order valence-corrected chi connectivity index (χ0v) is 18.9. The number of fused-ring (bicyclic) bond motifs is 1. The molecule has 1 aliphatic rings. The fraction of sp³-hybridized carbons (Fsp3) is 0.462. The minimum absolute atomic E-state index is 0.0392. The second-order valence-electron chi connectivity index (χ2n) is 9.36. The van der Waals surface area contributed by atoms with Crippen LogP contribution in [0.25, 0.3) is 10.9 Å². The Hall–Kier alpha value is -2.66. The van der Waals surface area contributed by atoms with Crippen LogP contribution in [0.15, 0.2) is 48.8 Å². The van der Waals surface area contributed by atoms with Gasteiger partial charge in [-0.15, -0.1) is 0 Å². The number of carbonyl (C=O) groups is 1. The molecule has 1 saturated carbocycles. The van der Waals surface area contributed by atoms with Crippen molar-refractivity contribution >= 4 is 16.8 Å². The predicted molar refractivity (Wildman–Crippen MR) is 126 cm³/mol. The first-order valence-corrected chi connectivity index (χ1v) is 11.4. The van der Waals surface area contributed by atoms with Gasteiger partial charge in [0.2, 0.25) is 5.91 Å². The first kappa shape index (κ1) is 21.6. The first-order valence-electron chi connectivity index (χ1n) is 11.4. The molecule has 0 spiro atoms. The third kappa shape index (κ3) is 4.38. The van der Waals surface area contributed by atoms with Crippen molar-refractivity contribution in [3.05, 3.63) is 65.6 Å². The molecular formula is C26H34N4O. The van der Waals surface area contributed by atoms with Gasteiger partial charge in [-0.05, 0) is 57.0 Å². The van der Waals surface area contributed by atoms with Crippen molar-refractivity contribution in [2.75, 3.05) is 13.6 Å². The van der Waals surface area contributed by atoms with Crippen molar-refractivity contribution in [1.82, 2.24) is 20.6 Å². The smallest absolute Gasteiger partial charge is 0.240 e. The molecule has 5 nitrogen and oxygen atoms in total. The molecule has 3 N–H and O–H groups in total. The third-order valence-electron chi connectivity index (χ3n) is 7.12. The number of aryl methyl sites for hydroxylation is 1. The van der Waals surface area contributed by atoms with E-state index in [2.05, 4.69) is 46.8 Å². The summed E-state index contributed by atoms with van der Waals surface area (Å²) >= 11 is 0. The van der Waals surface area contributed by atoms with E-state index in [-0.39, 0.29) is 11.3 Å². The molecule has 0 radical (unpaired) electrons. The maximum atomic E-state index is 13.4. The first-order chi connectivity index (χ1) is 15.0. The summed E-state index contributed by atoms with van der Waals surface area (Å²) in [4.78, 5) is 21.5. The standard InChI is InChI=1S/C26H34N4O/c1-19-11-12-23(29-16-19)26(13-7-4-8-14-26)18-30-24(31)25(2,27-3)15-20-17-28-22-10-6-5-9-21(20)22/h5-6,9-12,16-17,27-28H,4,7-8,13-15,18H2,1-3H3,(H,30,31). The van der Waals surface area contributed by atoms with Gasteiger partial charge in [-0.25, -0.2) is 0 Å². The lowest BCUT2D eigenvalue weighted by molar-refractivity contribution is -0.127. The summed E-state index contributed by atoms with van der Waals surface area (Å²) in [5.74, 6) is 0.0392. The Morgan fingerprint density at radius 1 is 1.16 bits per heavy atom. The molecule has 2 heterocycles. The van der Waals surface area contributed by atoms with Gasteiger partial charge in [-0.3, -0.25) is 9.78 Å². The van der Waals surface area contributed by atoms with E-state index < -0.39 is 5.54 Å². The van der Waals surface area contributed by atoms with Gasteiger partial charge in [0.15, 0.2) is 0 Å². The highest BCUT2D eigenvalue weighted by Crippen LogP contribution is 2.38. The highest BCUT2D eigenvalue weighted by Gasteiger charge is 2.38. The molecule has 164 valence electrons. The van der Waals surface area contributed by atoms with Crippen molar-refractivity contribution in [3.63, 3.8) is 0 Å². The highest BCUT2D eigenvalue weighted by molar-refractivity contribution is 5.88. The fourth-order valence-corrected chi connectivity index (χ4v) is 4.92. The number of nitrogens with zero attached hydrogens (tertiary/aromatic N) is 1. The Balaban J connectivity index is 1.52. The van der Waals surface area contributed by atoms with Crippen molar-refractivity contribution < 1.29 is 4.79 Å². The van der Waals surface area contributed by atoms with Crippen LogP contribution in [0.1, 0.15) is 55.8 Å². The van der Waals surface area contributed by atoms with Gasteiger partial charge in [-0.1, -0.05) is 43.5 Å². The van der Waals surface area contributed by atoms with E-state index in [0.717, 1.165) is 29.6 Å². The number of likely N-dealkylation sites (N-methyl/N-ethyl adjacent to an activating group) is 1. The van der Waals surface area contributed by atoms with E-state index in [9.17, 15) is 4.79 Å². The van der Waals surface area contributed by atoms with Crippen molar-refractivity contribution in [1.29, 1.82) is 0 Å². The normalized spacial score (nSPS) is 17.9. The number of benzene rings is 1. The van der Waals surface area contributed by atoms with Crippen molar-refractivity contribution in [2.45, 2.75) is 63.3 Å². The number of rotatable bonds is 7. The third-order valence-corrected chi connectivity index (χ3v) is 7.12. The predicted octanol–water partition coefficient (Wildman–Crippen LogP) is 4.41. The molecule has 2 aromatic heterocycles. The van der Waals surface area contributed by atoms with Crippen molar-refractivity contribution in [2.24, 2.45) is 0 Å². The molecule has 31 heavy (non-hydrogen) atoms. The molecule has 1 aromatic carbocycles. The summed E-state index contributed by atoms with van der Waals surface area (Å²) < 4.78 is 0. The molecule has 0 saturated heterocycles. The number of amides is 1. The van der Waals surface area contributed by atoms with Gasteiger partial charge in [-0.2, -0.15) is 0 Å². The lowest BCUT2D eigenvalue weighted by Crippen LogP contribution is -2.57. The average Bonchev–Trinajstić information content (AvgIpc) is 3.21. The van der Waals surface area contributed by atoms with Gasteiger partial charge in [0.25, 0.3) is 0 Å². The Morgan fingerprint density at radius 3 is 2.65 bits per heavy atom. The van der Waals surface area contributed by atoms with Crippen LogP contribution in [0.3, 0.4) is 0 Å². The average molecular weight is 419 g/mol. The quantitative estimate of drug-likeness (QED) is 0.532. The maximum absolute atomic E-state index is 13.4. The summed E-state index contributed by atoms with van der Waals surface area (Å²) in [6.07, 6.45) is 10.4.